The van der Waals surface area contributed by atoms with E-state index in [1.807, 2.05) is 24.3 Å². The molecule has 6 nitrogen and oxygen atoms in total. The van der Waals surface area contributed by atoms with Crippen molar-refractivity contribution >= 4 is 44.3 Å². The molecule has 24 heavy (non-hydrogen) atoms. The summed E-state index contributed by atoms with van der Waals surface area (Å²) in [5.74, 6) is 1.26. The summed E-state index contributed by atoms with van der Waals surface area (Å²) in [5, 5.41) is 19.3. The summed E-state index contributed by atoms with van der Waals surface area (Å²) in [6.45, 7) is 0. The number of fused-ring (bicyclic) bond motifs is 2. The highest BCUT2D eigenvalue weighted by molar-refractivity contribution is 8.00. The van der Waals surface area contributed by atoms with Gasteiger partial charge in [-0.1, -0.05) is 12.1 Å². The maximum Gasteiger partial charge on any atom is 0.252 e. The number of benzene rings is 1. The molecule has 0 aliphatic carbocycles. The molecule has 0 aliphatic rings. The van der Waals surface area contributed by atoms with E-state index < -0.39 is 5.56 Å². The average molecular weight is 354 g/mol. The van der Waals surface area contributed by atoms with Crippen molar-refractivity contribution in [3.05, 3.63) is 52.1 Å². The highest BCUT2D eigenvalue weighted by atomic mass is 32.2. The smallest absolute Gasteiger partial charge is 0.252 e. The van der Waals surface area contributed by atoms with Gasteiger partial charge in [-0.05, 0) is 12.1 Å². The monoisotopic (exact) mass is 354 g/mol. The lowest BCUT2D eigenvalue weighted by molar-refractivity contribution is 0.481. The molecule has 0 saturated heterocycles. The zero-order chi connectivity index (χ0) is 16.7. The van der Waals surface area contributed by atoms with Gasteiger partial charge in [0.15, 0.2) is 0 Å². The second-order valence-corrected chi connectivity index (χ2v) is 7.35. The Labute approximate surface area is 143 Å². The van der Waals surface area contributed by atoms with Crippen molar-refractivity contribution in [2.75, 3.05) is 0 Å². The molecule has 4 rings (SSSR count). The number of nitriles is 1. The fourth-order valence-corrected chi connectivity index (χ4v) is 4.68. The van der Waals surface area contributed by atoms with Gasteiger partial charge in [0.1, 0.15) is 23.2 Å². The Kier molecular flexibility index (Phi) is 3.52. The standard InChI is InChI=1S/C16H10N4O2S2/c17-6-8-14-15(11(21)5-13(22)20-14)24-16(8)23-7-12-18-9-3-1-2-4-10(9)19-12/h1-5H,7H2,(H,18,19)(H2,20,21,22). The van der Waals surface area contributed by atoms with Gasteiger partial charge >= 0.3 is 0 Å². The van der Waals surface area contributed by atoms with Crippen molar-refractivity contribution in [2.45, 2.75) is 9.96 Å². The van der Waals surface area contributed by atoms with Gasteiger partial charge in [-0.15, -0.1) is 23.1 Å². The SMILES string of the molecule is N#Cc1c(SCc2nc3ccccc3[nH]2)sc2c(O)cc(=O)[nH]c12. The van der Waals surface area contributed by atoms with E-state index in [9.17, 15) is 15.2 Å². The molecule has 3 aromatic heterocycles. The average Bonchev–Trinajstić information content (AvgIpc) is 3.13. The van der Waals surface area contributed by atoms with E-state index >= 15 is 0 Å². The topological polar surface area (TPSA) is 106 Å². The van der Waals surface area contributed by atoms with Crippen molar-refractivity contribution in [2.24, 2.45) is 0 Å². The number of para-hydroxylation sites is 2. The minimum atomic E-state index is -0.428. The van der Waals surface area contributed by atoms with Gasteiger partial charge < -0.3 is 15.1 Å². The van der Waals surface area contributed by atoms with Crippen LogP contribution in [0.1, 0.15) is 11.4 Å². The largest absolute Gasteiger partial charge is 0.506 e. The van der Waals surface area contributed by atoms with E-state index in [-0.39, 0.29) is 5.75 Å². The first-order chi connectivity index (χ1) is 11.7. The van der Waals surface area contributed by atoms with Crippen molar-refractivity contribution in [3.63, 3.8) is 0 Å². The normalized spacial score (nSPS) is 11.1. The van der Waals surface area contributed by atoms with Crippen molar-refractivity contribution in [1.29, 1.82) is 5.26 Å². The van der Waals surface area contributed by atoms with Crippen LogP contribution in [0.3, 0.4) is 0 Å². The number of aromatic hydroxyl groups is 1. The molecular formula is C16H10N4O2S2. The molecule has 0 saturated carbocycles. The quantitative estimate of drug-likeness (QED) is 0.489. The number of aromatic amines is 2. The molecule has 0 atom stereocenters. The zero-order valence-electron chi connectivity index (χ0n) is 12.2. The number of rotatable bonds is 3. The van der Waals surface area contributed by atoms with Gasteiger partial charge in [0.25, 0.3) is 5.56 Å². The Morgan fingerprint density at radius 1 is 1.33 bits per heavy atom. The van der Waals surface area contributed by atoms with Crippen LogP contribution >= 0.6 is 23.1 Å². The van der Waals surface area contributed by atoms with E-state index in [1.165, 1.54) is 23.1 Å². The van der Waals surface area contributed by atoms with Gasteiger partial charge in [-0.3, -0.25) is 4.79 Å². The minimum absolute atomic E-state index is 0.106. The van der Waals surface area contributed by atoms with Crippen LogP contribution < -0.4 is 5.56 Å². The maximum atomic E-state index is 11.5. The van der Waals surface area contributed by atoms with Crippen LogP contribution in [0.2, 0.25) is 0 Å². The highest BCUT2D eigenvalue weighted by Gasteiger charge is 2.17. The van der Waals surface area contributed by atoms with Gasteiger partial charge in [0.2, 0.25) is 0 Å². The Morgan fingerprint density at radius 2 is 2.17 bits per heavy atom. The summed E-state index contributed by atoms with van der Waals surface area (Å²) in [5.41, 5.74) is 2.20. The van der Waals surface area contributed by atoms with Gasteiger partial charge in [0, 0.05) is 6.07 Å². The van der Waals surface area contributed by atoms with Crippen LogP contribution in [0, 0.1) is 11.3 Å². The van der Waals surface area contributed by atoms with Crippen LogP contribution in [0.4, 0.5) is 0 Å². The van der Waals surface area contributed by atoms with Crippen LogP contribution in [0.15, 0.2) is 39.3 Å². The number of thioether (sulfide) groups is 1. The second kappa shape index (κ2) is 5.70. The lowest BCUT2D eigenvalue weighted by atomic mass is 10.3. The van der Waals surface area contributed by atoms with Crippen LogP contribution in [-0.2, 0) is 5.75 Å². The van der Waals surface area contributed by atoms with Gasteiger partial charge in [-0.25, -0.2) is 4.98 Å². The Hall–Kier alpha value is -2.76. The fraction of sp³-hybridized carbons (Fsp3) is 0.0625. The molecule has 0 amide bonds. The fourth-order valence-electron chi connectivity index (χ4n) is 2.47. The Bertz CT molecular complexity index is 1130. The number of hydrogen-bond donors (Lipinski definition) is 3. The number of aromatic nitrogens is 3. The first-order valence-corrected chi connectivity index (χ1v) is 8.81. The molecular weight excluding hydrogens is 344 g/mol. The third-order valence-electron chi connectivity index (χ3n) is 3.51. The zero-order valence-corrected chi connectivity index (χ0v) is 13.8. The molecule has 1 aromatic carbocycles. The number of pyridine rings is 1. The minimum Gasteiger partial charge on any atom is -0.506 e. The summed E-state index contributed by atoms with van der Waals surface area (Å²) in [7, 11) is 0. The van der Waals surface area contributed by atoms with E-state index in [0.717, 1.165) is 27.1 Å². The summed E-state index contributed by atoms with van der Waals surface area (Å²) < 4.78 is 1.25. The summed E-state index contributed by atoms with van der Waals surface area (Å²) >= 11 is 2.74. The molecule has 8 heteroatoms. The van der Waals surface area contributed by atoms with E-state index in [4.69, 9.17) is 0 Å². The van der Waals surface area contributed by atoms with Gasteiger partial charge in [-0.2, -0.15) is 5.26 Å². The van der Waals surface area contributed by atoms with Crippen molar-refractivity contribution < 1.29 is 5.11 Å². The van der Waals surface area contributed by atoms with Gasteiger partial charge in [0.05, 0.1) is 31.2 Å². The summed E-state index contributed by atoms with van der Waals surface area (Å²) in [4.78, 5) is 21.9. The third kappa shape index (κ3) is 2.44. The first-order valence-electron chi connectivity index (χ1n) is 7.01. The molecule has 3 N–H and O–H groups in total. The Morgan fingerprint density at radius 3 is 2.96 bits per heavy atom. The molecule has 0 spiro atoms. The highest BCUT2D eigenvalue weighted by Crippen LogP contribution is 2.40. The molecule has 0 fully saturated rings. The Balaban J connectivity index is 1.70. The molecule has 3 heterocycles. The van der Waals surface area contributed by atoms with E-state index in [0.29, 0.717) is 21.5 Å². The molecule has 0 bridgehead atoms. The van der Waals surface area contributed by atoms with Crippen molar-refractivity contribution in [1.82, 2.24) is 15.0 Å². The molecule has 118 valence electrons. The number of thiophene rings is 1. The third-order valence-corrected chi connectivity index (χ3v) is 6.01. The summed E-state index contributed by atoms with van der Waals surface area (Å²) in [6.07, 6.45) is 0. The maximum absolute atomic E-state index is 11.5. The van der Waals surface area contributed by atoms with Crippen LogP contribution in [-0.4, -0.2) is 20.1 Å². The number of nitrogens with one attached hydrogen (secondary N) is 2. The molecule has 0 aliphatic heterocycles. The number of imidazole rings is 1. The molecule has 0 radical (unpaired) electrons. The first kappa shape index (κ1) is 14.8. The van der Waals surface area contributed by atoms with E-state index in [1.54, 1.807) is 0 Å². The van der Waals surface area contributed by atoms with Crippen LogP contribution in [0.25, 0.3) is 21.3 Å². The molecule has 0 unspecified atom stereocenters. The predicted molar refractivity (Wildman–Crippen MR) is 94.5 cm³/mol. The summed E-state index contributed by atoms with van der Waals surface area (Å²) in [6, 6.07) is 11.0. The van der Waals surface area contributed by atoms with E-state index in [2.05, 4.69) is 21.0 Å². The lowest BCUT2D eigenvalue weighted by Gasteiger charge is -1.95. The second-order valence-electron chi connectivity index (χ2n) is 5.09. The predicted octanol–water partition coefficient (Wildman–Crippen LogP) is 3.34. The van der Waals surface area contributed by atoms with Crippen molar-refractivity contribution in [3.8, 4) is 11.8 Å². The number of H-pyrrole nitrogens is 2. The molecule has 4 aromatic rings. The van der Waals surface area contributed by atoms with Crippen LogP contribution in [0.5, 0.6) is 5.75 Å². The number of nitrogens with zero attached hydrogens (tertiary/aromatic N) is 2. The lowest BCUT2D eigenvalue weighted by Crippen LogP contribution is -2.02. The number of hydrogen-bond acceptors (Lipinski definition) is 6.